The average Bonchev–Trinajstić information content (AvgIpc) is 3.23. The van der Waals surface area contributed by atoms with E-state index in [0.717, 1.165) is 16.4 Å². The predicted octanol–water partition coefficient (Wildman–Crippen LogP) is 3.81. The van der Waals surface area contributed by atoms with E-state index in [0.29, 0.717) is 26.2 Å². The number of hydrogen-bond acceptors (Lipinski definition) is 6. The number of benzene rings is 2. The van der Waals surface area contributed by atoms with Gasteiger partial charge < -0.3 is 4.90 Å². The molecule has 1 saturated heterocycles. The molecule has 2 aromatic carbocycles. The van der Waals surface area contributed by atoms with Gasteiger partial charge in [0.05, 0.1) is 16.2 Å². The van der Waals surface area contributed by atoms with Gasteiger partial charge in [0.1, 0.15) is 6.07 Å². The van der Waals surface area contributed by atoms with Crippen molar-refractivity contribution in [2.75, 3.05) is 31.1 Å². The van der Waals surface area contributed by atoms with Crippen molar-refractivity contribution in [2.45, 2.75) is 18.7 Å². The summed E-state index contributed by atoms with van der Waals surface area (Å²) in [5.41, 5.74) is 4.69. The van der Waals surface area contributed by atoms with Crippen molar-refractivity contribution in [2.24, 2.45) is 0 Å². The molecule has 1 aromatic heterocycles. The van der Waals surface area contributed by atoms with E-state index in [1.165, 1.54) is 27.6 Å². The van der Waals surface area contributed by atoms with Gasteiger partial charge in [-0.3, -0.25) is 0 Å². The molecule has 0 aliphatic carbocycles. The summed E-state index contributed by atoms with van der Waals surface area (Å²) in [6.45, 7) is 6.02. The Morgan fingerprint density at radius 3 is 2.33 bits per heavy atom. The Bertz CT molecular complexity index is 1200. The molecule has 0 unspecified atom stereocenters. The van der Waals surface area contributed by atoms with Crippen molar-refractivity contribution < 1.29 is 8.42 Å². The second-order valence-electron chi connectivity index (χ2n) is 7.28. The van der Waals surface area contributed by atoms with E-state index in [1.807, 2.05) is 12.1 Å². The number of rotatable bonds is 4. The largest absolute Gasteiger partial charge is 0.345 e. The molecular formula is C22H22N4O2S2. The van der Waals surface area contributed by atoms with Crippen LogP contribution in [0.4, 0.5) is 5.13 Å². The average molecular weight is 439 g/mol. The van der Waals surface area contributed by atoms with Crippen molar-refractivity contribution in [1.29, 1.82) is 5.26 Å². The minimum atomic E-state index is -3.69. The molecule has 2 heterocycles. The molecule has 1 fully saturated rings. The number of nitrogens with zero attached hydrogens (tertiary/aromatic N) is 4. The summed E-state index contributed by atoms with van der Waals surface area (Å²) < 4.78 is 27.5. The van der Waals surface area contributed by atoms with Gasteiger partial charge in [-0.25, -0.2) is 13.4 Å². The zero-order chi connectivity index (χ0) is 21.3. The summed E-state index contributed by atoms with van der Waals surface area (Å²) in [7, 11) is -3.69. The Balaban J connectivity index is 1.51. The summed E-state index contributed by atoms with van der Waals surface area (Å²) in [5, 5.41) is 12.2. The molecule has 6 nitrogen and oxygen atoms in total. The molecule has 3 aromatic rings. The first-order valence-electron chi connectivity index (χ1n) is 9.68. The van der Waals surface area contributed by atoms with Gasteiger partial charge in [-0.1, -0.05) is 30.3 Å². The lowest BCUT2D eigenvalue weighted by molar-refractivity contribution is 0.384. The third kappa shape index (κ3) is 3.72. The van der Waals surface area contributed by atoms with Gasteiger partial charge in [0, 0.05) is 37.1 Å². The van der Waals surface area contributed by atoms with Gasteiger partial charge >= 0.3 is 0 Å². The van der Waals surface area contributed by atoms with Crippen LogP contribution in [0, 0.1) is 25.2 Å². The third-order valence-electron chi connectivity index (χ3n) is 5.36. The van der Waals surface area contributed by atoms with Gasteiger partial charge in [0.15, 0.2) is 5.13 Å². The Morgan fingerprint density at radius 1 is 1.00 bits per heavy atom. The summed E-state index contributed by atoms with van der Waals surface area (Å²) in [5.74, 6) is 0. The summed E-state index contributed by atoms with van der Waals surface area (Å²) in [4.78, 5) is 7.04. The highest BCUT2D eigenvalue weighted by Gasteiger charge is 2.31. The van der Waals surface area contributed by atoms with Crippen molar-refractivity contribution in [3.8, 4) is 17.3 Å². The fourth-order valence-electron chi connectivity index (χ4n) is 3.79. The van der Waals surface area contributed by atoms with Crippen LogP contribution in [0.5, 0.6) is 0 Å². The molecular weight excluding hydrogens is 416 g/mol. The van der Waals surface area contributed by atoms with Crippen LogP contribution in [0.3, 0.4) is 0 Å². The van der Waals surface area contributed by atoms with Crippen molar-refractivity contribution >= 4 is 26.5 Å². The zero-order valence-corrected chi connectivity index (χ0v) is 18.5. The summed E-state index contributed by atoms with van der Waals surface area (Å²) in [6, 6.07) is 14.6. The van der Waals surface area contributed by atoms with E-state index in [2.05, 4.69) is 36.3 Å². The van der Waals surface area contributed by atoms with Crippen molar-refractivity contribution in [1.82, 2.24) is 9.29 Å². The van der Waals surface area contributed by atoms with Gasteiger partial charge in [0.2, 0.25) is 10.0 Å². The normalized spacial score (nSPS) is 15.2. The molecule has 0 saturated carbocycles. The number of anilines is 1. The predicted molar refractivity (Wildman–Crippen MR) is 119 cm³/mol. The van der Waals surface area contributed by atoms with Gasteiger partial charge in [-0.2, -0.15) is 9.57 Å². The van der Waals surface area contributed by atoms with E-state index in [-0.39, 0.29) is 10.5 Å². The molecule has 30 heavy (non-hydrogen) atoms. The van der Waals surface area contributed by atoms with E-state index >= 15 is 0 Å². The van der Waals surface area contributed by atoms with Crippen LogP contribution >= 0.6 is 11.3 Å². The number of aryl methyl sites for hydroxylation is 2. The molecule has 0 N–H and O–H groups in total. The maximum atomic E-state index is 13.0. The molecule has 0 spiro atoms. The molecule has 154 valence electrons. The second kappa shape index (κ2) is 8.19. The van der Waals surface area contributed by atoms with Crippen LogP contribution in [0.1, 0.15) is 16.7 Å². The number of sulfonamides is 1. The topological polar surface area (TPSA) is 77.3 Å². The SMILES string of the molecule is Cc1cccc(C)c1-c1csc(N2CCN(S(=O)(=O)c3ccccc3C#N)CC2)n1. The molecule has 0 bridgehead atoms. The van der Waals surface area contributed by atoms with Crippen LogP contribution in [0.2, 0.25) is 0 Å². The number of piperazine rings is 1. The smallest absolute Gasteiger partial charge is 0.244 e. The number of hydrogen-bond donors (Lipinski definition) is 0. The third-order valence-corrected chi connectivity index (χ3v) is 8.22. The first-order valence-corrected chi connectivity index (χ1v) is 12.0. The van der Waals surface area contributed by atoms with E-state index < -0.39 is 10.0 Å². The molecule has 1 aliphatic heterocycles. The highest BCUT2D eigenvalue weighted by Crippen LogP contribution is 2.32. The standard InChI is InChI=1S/C22H22N4O2S2/c1-16-6-5-7-17(2)21(16)19-15-29-22(24-19)25-10-12-26(13-11-25)30(27,28)20-9-4-3-8-18(20)14-23/h3-9,15H,10-13H2,1-2H3. The lowest BCUT2D eigenvalue weighted by Crippen LogP contribution is -2.48. The minimum Gasteiger partial charge on any atom is -0.345 e. The monoisotopic (exact) mass is 438 g/mol. The number of thiazole rings is 1. The molecule has 4 rings (SSSR count). The lowest BCUT2D eigenvalue weighted by Gasteiger charge is -2.33. The number of nitriles is 1. The fourth-order valence-corrected chi connectivity index (χ4v) is 6.22. The molecule has 0 amide bonds. The highest BCUT2D eigenvalue weighted by molar-refractivity contribution is 7.89. The first kappa shape index (κ1) is 20.5. The maximum Gasteiger partial charge on any atom is 0.244 e. The Kier molecular flexibility index (Phi) is 5.60. The van der Waals surface area contributed by atoms with E-state index in [9.17, 15) is 13.7 Å². The molecule has 0 radical (unpaired) electrons. The van der Waals surface area contributed by atoms with Crippen molar-refractivity contribution in [3.05, 3.63) is 64.5 Å². The summed E-state index contributed by atoms with van der Waals surface area (Å²) >= 11 is 1.58. The maximum absolute atomic E-state index is 13.0. The fraction of sp³-hybridized carbons (Fsp3) is 0.273. The molecule has 0 atom stereocenters. The summed E-state index contributed by atoms with van der Waals surface area (Å²) in [6.07, 6.45) is 0. The lowest BCUT2D eigenvalue weighted by atomic mass is 10.0. The van der Waals surface area contributed by atoms with Crippen LogP contribution in [0.15, 0.2) is 52.7 Å². The Labute approximate surface area is 181 Å². The molecule has 8 heteroatoms. The zero-order valence-electron chi connectivity index (χ0n) is 16.9. The minimum absolute atomic E-state index is 0.0764. The van der Waals surface area contributed by atoms with Crippen LogP contribution in [-0.2, 0) is 10.0 Å². The quantitative estimate of drug-likeness (QED) is 0.619. The van der Waals surface area contributed by atoms with Gasteiger partial charge in [-0.15, -0.1) is 11.3 Å². The number of aromatic nitrogens is 1. The van der Waals surface area contributed by atoms with Crippen LogP contribution < -0.4 is 4.90 Å². The van der Waals surface area contributed by atoms with Crippen LogP contribution in [-0.4, -0.2) is 43.9 Å². The van der Waals surface area contributed by atoms with Crippen LogP contribution in [0.25, 0.3) is 11.3 Å². The second-order valence-corrected chi connectivity index (χ2v) is 10.0. The van der Waals surface area contributed by atoms with Gasteiger partial charge in [-0.05, 0) is 37.1 Å². The van der Waals surface area contributed by atoms with E-state index in [4.69, 9.17) is 4.98 Å². The van der Waals surface area contributed by atoms with Crippen molar-refractivity contribution in [3.63, 3.8) is 0 Å². The van der Waals surface area contributed by atoms with E-state index in [1.54, 1.807) is 23.5 Å². The molecule has 1 aliphatic rings. The van der Waals surface area contributed by atoms with Gasteiger partial charge in [0.25, 0.3) is 0 Å². The first-order chi connectivity index (χ1) is 14.4. The Hall–Kier alpha value is -2.73. The Morgan fingerprint density at radius 2 is 1.67 bits per heavy atom. The highest BCUT2D eigenvalue weighted by atomic mass is 32.2.